The molecule has 0 rings (SSSR count). The zero-order valence-electron chi connectivity index (χ0n) is 10.1. The fraction of sp³-hybridized carbons (Fsp3) is 0.750. The monoisotopic (exact) mass is 248 g/mol. The Hall–Kier alpha value is -2.06. The van der Waals surface area contributed by atoms with Crippen molar-refractivity contribution in [3.05, 3.63) is 10.1 Å². The summed E-state index contributed by atoms with van der Waals surface area (Å²) >= 11 is 0. The van der Waals surface area contributed by atoms with Crippen LogP contribution in [0.4, 0.5) is 0 Å². The molecule has 0 aromatic rings. The van der Waals surface area contributed by atoms with E-state index in [0.29, 0.717) is 5.96 Å². The molecule has 0 saturated carbocycles. The Balaban J connectivity index is 0. The molecule has 0 atom stereocenters. The van der Waals surface area contributed by atoms with Gasteiger partial charge >= 0.3 is 0 Å². The van der Waals surface area contributed by atoms with Crippen LogP contribution >= 0.6 is 0 Å². The minimum Gasteiger partial charge on any atom is -0.370 e. The largest absolute Gasteiger partial charge is 0.370 e. The molecule has 0 spiro atoms. The highest BCUT2D eigenvalue weighted by molar-refractivity contribution is 5.93. The quantitative estimate of drug-likeness (QED) is 0.231. The molecule has 0 amide bonds. The molecule has 100 valence electrons. The Labute approximate surface area is 99.7 Å². The SMILES string of the molecule is CCCN=C(N=C(N)N)NCCC.O=[N+]([O-])O. The third-order valence-corrected chi connectivity index (χ3v) is 1.25. The molecule has 0 heterocycles. The first-order chi connectivity index (χ1) is 7.93. The Morgan fingerprint density at radius 2 is 1.94 bits per heavy atom. The van der Waals surface area contributed by atoms with Crippen LogP contribution in [0.3, 0.4) is 0 Å². The van der Waals surface area contributed by atoms with Gasteiger partial charge in [0.25, 0.3) is 5.09 Å². The number of aliphatic imine (C=N–C) groups is 2. The minimum absolute atomic E-state index is 0.0402. The number of nitrogens with one attached hydrogen (secondary N) is 1. The fourth-order valence-electron chi connectivity index (χ4n) is 0.708. The van der Waals surface area contributed by atoms with Crippen LogP contribution in [-0.4, -0.2) is 35.3 Å². The molecule has 0 bridgehead atoms. The van der Waals surface area contributed by atoms with Crippen molar-refractivity contribution >= 4 is 11.9 Å². The molecule has 0 aromatic heterocycles. The maximum Gasteiger partial charge on any atom is 0.291 e. The lowest BCUT2D eigenvalue weighted by Gasteiger charge is -2.03. The van der Waals surface area contributed by atoms with Crippen molar-refractivity contribution in [2.75, 3.05) is 13.1 Å². The molecule has 9 heteroatoms. The summed E-state index contributed by atoms with van der Waals surface area (Å²) in [6, 6.07) is 0. The molecule has 0 aliphatic rings. The van der Waals surface area contributed by atoms with Crippen molar-refractivity contribution in [3.8, 4) is 0 Å². The summed E-state index contributed by atoms with van der Waals surface area (Å²) in [5.74, 6) is 0.571. The Bertz CT molecular complexity index is 258. The first-order valence-corrected chi connectivity index (χ1v) is 5.15. The molecule has 0 saturated heterocycles. The number of hydrogen-bond donors (Lipinski definition) is 4. The summed E-state index contributed by atoms with van der Waals surface area (Å²) in [5, 5.41) is 16.7. The van der Waals surface area contributed by atoms with E-state index < -0.39 is 5.09 Å². The molecule has 0 fully saturated rings. The van der Waals surface area contributed by atoms with Gasteiger partial charge in [-0.2, -0.15) is 4.99 Å². The average Bonchev–Trinajstić information content (AvgIpc) is 2.20. The van der Waals surface area contributed by atoms with Gasteiger partial charge in [-0.15, -0.1) is 10.1 Å². The highest BCUT2D eigenvalue weighted by atomic mass is 16.9. The van der Waals surface area contributed by atoms with Crippen molar-refractivity contribution in [3.63, 3.8) is 0 Å². The molecule has 0 aromatic carbocycles. The minimum atomic E-state index is -1.50. The van der Waals surface area contributed by atoms with Crippen LogP contribution < -0.4 is 16.8 Å². The molecule has 6 N–H and O–H groups in total. The van der Waals surface area contributed by atoms with Gasteiger partial charge in [0.05, 0.1) is 0 Å². The van der Waals surface area contributed by atoms with E-state index in [0.717, 1.165) is 25.9 Å². The Kier molecular flexibility index (Phi) is 12.3. The van der Waals surface area contributed by atoms with Crippen LogP contribution in [0.1, 0.15) is 26.7 Å². The highest BCUT2D eigenvalue weighted by Gasteiger charge is 1.94. The second-order valence-electron chi connectivity index (χ2n) is 2.91. The van der Waals surface area contributed by atoms with E-state index in [2.05, 4.69) is 29.1 Å². The van der Waals surface area contributed by atoms with E-state index in [4.69, 9.17) is 26.8 Å². The first-order valence-electron chi connectivity index (χ1n) is 5.15. The van der Waals surface area contributed by atoms with Crippen molar-refractivity contribution in [1.29, 1.82) is 0 Å². The summed E-state index contributed by atoms with van der Waals surface area (Å²) < 4.78 is 0. The summed E-state index contributed by atoms with van der Waals surface area (Å²) in [7, 11) is 0. The third-order valence-electron chi connectivity index (χ3n) is 1.25. The predicted molar refractivity (Wildman–Crippen MR) is 65.5 cm³/mol. The number of guanidine groups is 2. The summed E-state index contributed by atoms with van der Waals surface area (Å²) in [6.07, 6.45) is 2.00. The van der Waals surface area contributed by atoms with Crippen LogP contribution in [0.25, 0.3) is 0 Å². The van der Waals surface area contributed by atoms with Crippen LogP contribution in [-0.2, 0) is 0 Å². The molecule has 0 unspecified atom stereocenters. The second-order valence-corrected chi connectivity index (χ2v) is 2.91. The van der Waals surface area contributed by atoms with E-state index in [-0.39, 0.29) is 5.96 Å². The lowest BCUT2D eigenvalue weighted by atomic mass is 10.5. The van der Waals surface area contributed by atoms with Crippen molar-refractivity contribution in [2.45, 2.75) is 26.7 Å². The van der Waals surface area contributed by atoms with Crippen LogP contribution in [0.5, 0.6) is 0 Å². The molecule has 0 aliphatic heterocycles. The maximum atomic E-state index is 8.36. The molecular formula is C8H20N6O3. The number of hydrogen-bond acceptors (Lipinski definition) is 3. The van der Waals surface area contributed by atoms with E-state index in [1.807, 2.05) is 0 Å². The lowest BCUT2D eigenvalue weighted by molar-refractivity contribution is -0.742. The normalized spacial score (nSPS) is 9.88. The van der Waals surface area contributed by atoms with Crippen molar-refractivity contribution < 1.29 is 10.3 Å². The maximum absolute atomic E-state index is 8.36. The average molecular weight is 248 g/mol. The number of nitrogens with two attached hydrogens (primary N) is 2. The van der Waals surface area contributed by atoms with Gasteiger partial charge in [0.15, 0.2) is 5.96 Å². The van der Waals surface area contributed by atoms with Gasteiger partial charge in [-0.05, 0) is 12.8 Å². The van der Waals surface area contributed by atoms with Gasteiger partial charge in [-0.25, -0.2) is 0 Å². The standard InChI is InChI=1S/C8H19N5.HNO3/c1-3-5-11-8(12-6-4-2)13-7(9)10;2-1(3)4/h3-6H2,1-2H3,(H5,9,10,11,12,13);(H,2,3,4). The van der Waals surface area contributed by atoms with E-state index in [9.17, 15) is 0 Å². The topological polar surface area (TPSA) is 152 Å². The molecular weight excluding hydrogens is 228 g/mol. The third kappa shape index (κ3) is 20.1. The second kappa shape index (κ2) is 12.0. The number of rotatable bonds is 4. The molecule has 0 aliphatic carbocycles. The lowest BCUT2D eigenvalue weighted by Crippen LogP contribution is -2.30. The smallest absolute Gasteiger partial charge is 0.291 e. The van der Waals surface area contributed by atoms with Crippen molar-refractivity contribution in [1.82, 2.24) is 5.32 Å². The molecule has 9 nitrogen and oxygen atoms in total. The van der Waals surface area contributed by atoms with Gasteiger partial charge in [0, 0.05) is 13.1 Å². The molecule has 0 radical (unpaired) electrons. The van der Waals surface area contributed by atoms with Gasteiger partial charge in [-0.3, -0.25) is 4.99 Å². The zero-order valence-corrected chi connectivity index (χ0v) is 10.1. The number of nitrogens with zero attached hydrogens (tertiary/aromatic N) is 3. The van der Waals surface area contributed by atoms with Gasteiger partial charge in [0.2, 0.25) is 5.96 Å². The fourth-order valence-corrected chi connectivity index (χ4v) is 0.708. The Morgan fingerprint density at radius 3 is 2.29 bits per heavy atom. The first kappa shape index (κ1) is 17.3. The Morgan fingerprint density at radius 1 is 1.41 bits per heavy atom. The molecule has 17 heavy (non-hydrogen) atoms. The zero-order chi connectivity index (χ0) is 13.7. The van der Waals surface area contributed by atoms with E-state index in [1.165, 1.54) is 0 Å². The predicted octanol–water partition coefficient (Wildman–Crippen LogP) is -0.322. The van der Waals surface area contributed by atoms with Gasteiger partial charge < -0.3 is 22.0 Å². The van der Waals surface area contributed by atoms with Crippen LogP contribution in [0.15, 0.2) is 9.98 Å². The summed E-state index contributed by atoms with van der Waals surface area (Å²) in [4.78, 5) is 16.4. The highest BCUT2D eigenvalue weighted by Crippen LogP contribution is 1.83. The van der Waals surface area contributed by atoms with Gasteiger partial charge in [0.1, 0.15) is 0 Å². The van der Waals surface area contributed by atoms with E-state index >= 15 is 0 Å². The summed E-state index contributed by atoms with van der Waals surface area (Å²) in [5.41, 5.74) is 10.5. The van der Waals surface area contributed by atoms with Crippen LogP contribution in [0.2, 0.25) is 0 Å². The van der Waals surface area contributed by atoms with E-state index in [1.54, 1.807) is 0 Å². The van der Waals surface area contributed by atoms with Crippen LogP contribution in [0, 0.1) is 10.1 Å². The summed E-state index contributed by atoms with van der Waals surface area (Å²) in [6.45, 7) is 5.69. The van der Waals surface area contributed by atoms with Gasteiger partial charge in [-0.1, -0.05) is 13.8 Å². The van der Waals surface area contributed by atoms with Crippen molar-refractivity contribution in [2.24, 2.45) is 21.5 Å².